The molecule has 0 aromatic heterocycles. The molecule has 1 aromatic carbocycles. The molecule has 1 rings (SSSR count). The molecule has 0 aliphatic carbocycles. The summed E-state index contributed by atoms with van der Waals surface area (Å²) in [7, 11) is -3.42. The Bertz CT molecular complexity index is 540. The lowest BCUT2D eigenvalue weighted by Crippen LogP contribution is -2.42. The van der Waals surface area contributed by atoms with E-state index in [2.05, 4.69) is 10.0 Å². The molecule has 0 bridgehead atoms. The topological polar surface area (TPSA) is 95.5 Å². The number of benzene rings is 1. The molecule has 0 heterocycles. The second kappa shape index (κ2) is 7.37. The van der Waals surface area contributed by atoms with Crippen molar-refractivity contribution in [3.63, 3.8) is 0 Å². The number of carbonyl (C=O) groups is 1. The monoisotopic (exact) mass is 300 g/mol. The molecule has 0 aliphatic heterocycles. The van der Waals surface area contributed by atoms with Gasteiger partial charge in [0.05, 0.1) is 18.4 Å². The normalized spacial score (nSPS) is 12.9. The summed E-state index contributed by atoms with van der Waals surface area (Å²) in [5.74, 6) is -0.433. The van der Waals surface area contributed by atoms with Crippen LogP contribution >= 0.6 is 0 Å². The van der Waals surface area contributed by atoms with Crippen molar-refractivity contribution in [1.29, 1.82) is 0 Å². The third-order valence-corrected chi connectivity index (χ3v) is 4.28. The fourth-order valence-corrected chi connectivity index (χ4v) is 2.90. The van der Waals surface area contributed by atoms with E-state index in [0.717, 1.165) is 5.56 Å². The van der Waals surface area contributed by atoms with Crippen LogP contribution in [0.25, 0.3) is 0 Å². The van der Waals surface area contributed by atoms with Crippen molar-refractivity contribution in [3.05, 3.63) is 29.8 Å². The molecule has 20 heavy (non-hydrogen) atoms. The lowest BCUT2D eigenvalue weighted by molar-refractivity contribution is -0.117. The number of carbonyl (C=O) groups excluding carboxylic acids is 1. The van der Waals surface area contributed by atoms with Crippen LogP contribution < -0.4 is 10.0 Å². The van der Waals surface area contributed by atoms with Gasteiger partial charge in [-0.2, -0.15) is 0 Å². The number of amides is 1. The minimum Gasteiger partial charge on any atom is -0.392 e. The molecule has 0 aliphatic rings. The average Bonchev–Trinajstić information content (AvgIpc) is 2.38. The van der Waals surface area contributed by atoms with E-state index < -0.39 is 22.0 Å². The molecule has 0 fully saturated rings. The van der Waals surface area contributed by atoms with Gasteiger partial charge in [0.1, 0.15) is 0 Å². The number of rotatable bonds is 7. The molecule has 0 spiro atoms. The van der Waals surface area contributed by atoms with E-state index in [1.807, 2.05) is 0 Å². The Morgan fingerprint density at radius 1 is 1.30 bits per heavy atom. The van der Waals surface area contributed by atoms with Gasteiger partial charge in [0, 0.05) is 5.69 Å². The van der Waals surface area contributed by atoms with Gasteiger partial charge in [0.25, 0.3) is 0 Å². The lowest BCUT2D eigenvalue weighted by Gasteiger charge is -2.14. The van der Waals surface area contributed by atoms with Crippen molar-refractivity contribution < 1.29 is 18.3 Å². The SMILES string of the molecule is CCCS(=O)(=O)NC(C)C(=O)Nc1ccc(CO)cc1. The van der Waals surface area contributed by atoms with Gasteiger partial charge in [-0.3, -0.25) is 4.79 Å². The first-order chi connectivity index (χ1) is 9.38. The molecule has 1 unspecified atom stereocenters. The summed E-state index contributed by atoms with van der Waals surface area (Å²) in [5, 5.41) is 11.5. The molecule has 1 aromatic rings. The second-order valence-corrected chi connectivity index (χ2v) is 6.38. The predicted molar refractivity (Wildman–Crippen MR) is 77.7 cm³/mol. The van der Waals surface area contributed by atoms with Crippen LogP contribution in [-0.4, -0.2) is 31.2 Å². The van der Waals surface area contributed by atoms with Gasteiger partial charge in [0.15, 0.2) is 0 Å². The molecule has 1 amide bonds. The average molecular weight is 300 g/mol. The van der Waals surface area contributed by atoms with E-state index in [1.165, 1.54) is 6.92 Å². The van der Waals surface area contributed by atoms with Crippen molar-refractivity contribution >= 4 is 21.6 Å². The Labute approximate surface area is 119 Å². The standard InChI is InChI=1S/C13H20N2O4S/c1-3-8-20(18,19)15-10(2)13(17)14-12-6-4-11(9-16)5-7-12/h4-7,10,15-16H,3,8-9H2,1-2H3,(H,14,17). The Hall–Kier alpha value is -1.44. The Balaban J connectivity index is 2.61. The smallest absolute Gasteiger partial charge is 0.242 e. The number of anilines is 1. The van der Waals surface area contributed by atoms with Crippen LogP contribution in [0.4, 0.5) is 5.69 Å². The summed E-state index contributed by atoms with van der Waals surface area (Å²) < 4.78 is 25.4. The summed E-state index contributed by atoms with van der Waals surface area (Å²) in [4.78, 5) is 11.9. The molecule has 0 saturated carbocycles. The van der Waals surface area contributed by atoms with Crippen LogP contribution in [0.3, 0.4) is 0 Å². The minimum atomic E-state index is -3.42. The maximum atomic E-state index is 11.9. The first kappa shape index (κ1) is 16.6. The zero-order chi connectivity index (χ0) is 15.2. The Morgan fingerprint density at radius 2 is 1.90 bits per heavy atom. The zero-order valence-electron chi connectivity index (χ0n) is 11.6. The van der Waals surface area contributed by atoms with Gasteiger partial charge in [-0.05, 0) is 31.0 Å². The number of aliphatic hydroxyl groups excluding tert-OH is 1. The van der Waals surface area contributed by atoms with Crippen LogP contribution in [0.15, 0.2) is 24.3 Å². The van der Waals surface area contributed by atoms with Crippen LogP contribution in [0, 0.1) is 0 Å². The van der Waals surface area contributed by atoms with Crippen molar-refractivity contribution in [2.75, 3.05) is 11.1 Å². The highest BCUT2D eigenvalue weighted by atomic mass is 32.2. The minimum absolute atomic E-state index is 0.00415. The van der Waals surface area contributed by atoms with Gasteiger partial charge in [-0.25, -0.2) is 13.1 Å². The molecular formula is C13H20N2O4S. The third-order valence-electron chi connectivity index (χ3n) is 2.63. The van der Waals surface area contributed by atoms with E-state index in [9.17, 15) is 13.2 Å². The molecule has 0 saturated heterocycles. The van der Waals surface area contributed by atoms with E-state index in [-0.39, 0.29) is 12.4 Å². The quantitative estimate of drug-likeness (QED) is 0.695. The predicted octanol–water partition coefficient (Wildman–Crippen LogP) is 0.835. The Morgan fingerprint density at radius 3 is 2.40 bits per heavy atom. The summed E-state index contributed by atoms with van der Waals surface area (Å²) in [6.07, 6.45) is 0.492. The summed E-state index contributed by atoms with van der Waals surface area (Å²) in [6, 6.07) is 5.82. The largest absolute Gasteiger partial charge is 0.392 e. The van der Waals surface area contributed by atoms with Gasteiger partial charge >= 0.3 is 0 Å². The number of hydrogen-bond acceptors (Lipinski definition) is 4. The molecule has 1 atom stereocenters. The fraction of sp³-hybridized carbons (Fsp3) is 0.462. The lowest BCUT2D eigenvalue weighted by atomic mass is 10.2. The highest BCUT2D eigenvalue weighted by Gasteiger charge is 2.19. The summed E-state index contributed by atoms with van der Waals surface area (Å²) in [5.41, 5.74) is 1.29. The number of nitrogens with one attached hydrogen (secondary N) is 2. The Kier molecular flexibility index (Phi) is 6.12. The van der Waals surface area contributed by atoms with E-state index in [0.29, 0.717) is 12.1 Å². The van der Waals surface area contributed by atoms with Crippen molar-refractivity contribution in [2.24, 2.45) is 0 Å². The molecule has 7 heteroatoms. The van der Waals surface area contributed by atoms with Crippen LogP contribution in [0.2, 0.25) is 0 Å². The number of aliphatic hydroxyl groups is 1. The summed E-state index contributed by atoms with van der Waals surface area (Å²) in [6.45, 7) is 3.18. The van der Waals surface area contributed by atoms with Crippen LogP contribution in [-0.2, 0) is 21.4 Å². The van der Waals surface area contributed by atoms with E-state index >= 15 is 0 Å². The highest BCUT2D eigenvalue weighted by molar-refractivity contribution is 7.89. The maximum absolute atomic E-state index is 11.9. The van der Waals surface area contributed by atoms with E-state index in [4.69, 9.17) is 5.11 Å². The zero-order valence-corrected chi connectivity index (χ0v) is 12.4. The fourth-order valence-electron chi connectivity index (χ4n) is 1.59. The molecule has 6 nitrogen and oxygen atoms in total. The van der Waals surface area contributed by atoms with Gasteiger partial charge in [-0.1, -0.05) is 19.1 Å². The third kappa shape index (κ3) is 5.28. The van der Waals surface area contributed by atoms with Crippen molar-refractivity contribution in [3.8, 4) is 0 Å². The van der Waals surface area contributed by atoms with Gasteiger partial charge in [0.2, 0.25) is 15.9 Å². The van der Waals surface area contributed by atoms with Crippen molar-refractivity contribution in [1.82, 2.24) is 4.72 Å². The van der Waals surface area contributed by atoms with Crippen LogP contribution in [0.1, 0.15) is 25.8 Å². The van der Waals surface area contributed by atoms with Crippen LogP contribution in [0.5, 0.6) is 0 Å². The molecular weight excluding hydrogens is 280 g/mol. The molecule has 0 radical (unpaired) electrons. The number of sulfonamides is 1. The van der Waals surface area contributed by atoms with Gasteiger partial charge < -0.3 is 10.4 Å². The van der Waals surface area contributed by atoms with E-state index in [1.54, 1.807) is 31.2 Å². The molecule has 112 valence electrons. The van der Waals surface area contributed by atoms with Gasteiger partial charge in [-0.15, -0.1) is 0 Å². The molecule has 3 N–H and O–H groups in total. The first-order valence-electron chi connectivity index (χ1n) is 6.38. The maximum Gasteiger partial charge on any atom is 0.242 e. The first-order valence-corrected chi connectivity index (χ1v) is 8.04. The second-order valence-electron chi connectivity index (χ2n) is 4.50. The summed E-state index contributed by atoms with van der Waals surface area (Å²) >= 11 is 0. The van der Waals surface area contributed by atoms with Crippen molar-refractivity contribution in [2.45, 2.75) is 32.9 Å². The highest BCUT2D eigenvalue weighted by Crippen LogP contribution is 2.10. The number of hydrogen-bond donors (Lipinski definition) is 3.